The maximum Gasteiger partial charge on any atom is 0.414 e. The highest BCUT2D eigenvalue weighted by molar-refractivity contribution is 5.90. The number of alkyl carbamates (subject to hydrolysis) is 1. The van der Waals surface area contributed by atoms with Gasteiger partial charge in [0.1, 0.15) is 17.5 Å². The molecule has 1 saturated heterocycles. The van der Waals surface area contributed by atoms with Crippen LogP contribution in [0.2, 0.25) is 0 Å². The van der Waals surface area contributed by atoms with Crippen LogP contribution in [-0.2, 0) is 9.47 Å². The lowest BCUT2D eigenvalue weighted by Crippen LogP contribution is -2.34. The molecular formula is C25H31FN2O4. The second-order valence-corrected chi connectivity index (χ2v) is 8.92. The van der Waals surface area contributed by atoms with E-state index in [0.717, 1.165) is 12.0 Å². The summed E-state index contributed by atoms with van der Waals surface area (Å²) in [5.74, 6) is -0.415. The number of rotatable bonds is 6. The molecule has 1 aliphatic rings. The molecule has 0 saturated carbocycles. The van der Waals surface area contributed by atoms with E-state index < -0.39 is 23.6 Å². The standard InChI is InChI=1S/C25H31FN2O4/c1-6-19-15-28(24(30)31-19)18-12-13-20(21(26)14-18)16-8-10-17(11-9-16)22(7-2)27-23(29)32-25(3,4)5/h8-14,19,22H,6-7,15H2,1-5H3,(H,27,29)/t19-,22-/m0/s1. The normalized spacial score (nSPS) is 17.1. The average Bonchev–Trinajstić information content (AvgIpc) is 3.11. The van der Waals surface area contributed by atoms with Crippen LogP contribution in [0.5, 0.6) is 0 Å². The number of benzene rings is 2. The molecule has 0 bridgehead atoms. The lowest BCUT2D eigenvalue weighted by molar-refractivity contribution is 0.0502. The van der Waals surface area contributed by atoms with Crippen LogP contribution < -0.4 is 10.2 Å². The molecule has 2 atom stereocenters. The molecule has 3 rings (SSSR count). The molecule has 0 spiro atoms. The van der Waals surface area contributed by atoms with Gasteiger partial charge in [-0.1, -0.05) is 38.1 Å². The van der Waals surface area contributed by atoms with E-state index in [2.05, 4.69) is 5.32 Å². The SMILES string of the molecule is CC[C@H]1CN(c2ccc(-c3ccc([C@H](CC)NC(=O)OC(C)(C)C)cc3)c(F)c2)C(=O)O1. The predicted octanol–water partition coefficient (Wildman–Crippen LogP) is 6.20. The van der Waals surface area contributed by atoms with Gasteiger partial charge in [0.05, 0.1) is 18.3 Å². The molecule has 2 amide bonds. The molecule has 7 heteroatoms. The zero-order chi connectivity index (χ0) is 23.5. The summed E-state index contributed by atoms with van der Waals surface area (Å²) >= 11 is 0. The van der Waals surface area contributed by atoms with Crippen LogP contribution in [0.15, 0.2) is 42.5 Å². The van der Waals surface area contributed by atoms with E-state index in [-0.39, 0.29) is 12.1 Å². The first-order valence-corrected chi connectivity index (χ1v) is 11.0. The first-order valence-electron chi connectivity index (χ1n) is 11.0. The fraction of sp³-hybridized carbons (Fsp3) is 0.440. The number of halogens is 1. The van der Waals surface area contributed by atoms with Gasteiger partial charge in [0.2, 0.25) is 0 Å². The van der Waals surface area contributed by atoms with Crippen molar-refractivity contribution in [1.82, 2.24) is 5.32 Å². The van der Waals surface area contributed by atoms with Crippen molar-refractivity contribution in [2.75, 3.05) is 11.4 Å². The third-order valence-corrected chi connectivity index (χ3v) is 5.32. The van der Waals surface area contributed by atoms with Crippen molar-refractivity contribution in [3.8, 4) is 11.1 Å². The summed E-state index contributed by atoms with van der Waals surface area (Å²) in [5, 5.41) is 2.88. The molecule has 2 aromatic carbocycles. The van der Waals surface area contributed by atoms with Crippen molar-refractivity contribution in [2.45, 2.75) is 65.2 Å². The fourth-order valence-electron chi connectivity index (χ4n) is 3.62. The highest BCUT2D eigenvalue weighted by atomic mass is 19.1. The summed E-state index contributed by atoms with van der Waals surface area (Å²) in [7, 11) is 0. The molecule has 2 aromatic rings. The Kier molecular flexibility index (Phi) is 7.06. The zero-order valence-electron chi connectivity index (χ0n) is 19.3. The minimum atomic E-state index is -0.570. The Hall–Kier alpha value is -3.09. The van der Waals surface area contributed by atoms with Crippen LogP contribution in [0.3, 0.4) is 0 Å². The highest BCUT2D eigenvalue weighted by Gasteiger charge is 2.31. The van der Waals surface area contributed by atoms with Crippen LogP contribution in [0.1, 0.15) is 59.1 Å². The Balaban J connectivity index is 1.74. The molecule has 1 N–H and O–H groups in total. The van der Waals surface area contributed by atoms with Crippen molar-refractivity contribution >= 4 is 17.9 Å². The van der Waals surface area contributed by atoms with Gasteiger partial charge in [-0.15, -0.1) is 0 Å². The summed E-state index contributed by atoms with van der Waals surface area (Å²) in [5.41, 5.74) is 1.97. The maximum absolute atomic E-state index is 14.9. The van der Waals surface area contributed by atoms with Crippen LogP contribution in [-0.4, -0.2) is 30.4 Å². The monoisotopic (exact) mass is 442 g/mol. The third kappa shape index (κ3) is 5.58. The molecular weight excluding hydrogens is 411 g/mol. The van der Waals surface area contributed by atoms with E-state index >= 15 is 0 Å². The van der Waals surface area contributed by atoms with E-state index in [1.807, 2.05) is 58.9 Å². The van der Waals surface area contributed by atoms with Gasteiger partial charge in [0, 0.05) is 5.56 Å². The average molecular weight is 443 g/mol. The van der Waals surface area contributed by atoms with Crippen molar-refractivity contribution in [2.24, 2.45) is 0 Å². The minimum absolute atomic E-state index is 0.168. The lowest BCUT2D eigenvalue weighted by atomic mass is 9.99. The van der Waals surface area contributed by atoms with Crippen LogP contribution in [0.4, 0.5) is 19.7 Å². The molecule has 0 radical (unpaired) electrons. The van der Waals surface area contributed by atoms with Gasteiger partial charge >= 0.3 is 12.2 Å². The van der Waals surface area contributed by atoms with Gasteiger partial charge < -0.3 is 14.8 Å². The van der Waals surface area contributed by atoms with E-state index in [1.54, 1.807) is 12.1 Å². The molecule has 32 heavy (non-hydrogen) atoms. The van der Waals surface area contributed by atoms with E-state index in [4.69, 9.17) is 9.47 Å². The lowest BCUT2D eigenvalue weighted by Gasteiger charge is -2.23. The number of amides is 2. The van der Waals surface area contributed by atoms with Crippen molar-refractivity contribution in [3.63, 3.8) is 0 Å². The number of carbonyl (C=O) groups is 2. The van der Waals surface area contributed by atoms with Gasteiger partial charge in [0.25, 0.3) is 0 Å². The Bertz CT molecular complexity index is 969. The number of hydrogen-bond donors (Lipinski definition) is 1. The number of cyclic esters (lactones) is 1. The Morgan fingerprint density at radius 1 is 1.22 bits per heavy atom. The largest absolute Gasteiger partial charge is 0.444 e. The number of anilines is 1. The summed E-state index contributed by atoms with van der Waals surface area (Å²) in [6.07, 6.45) is 0.319. The topological polar surface area (TPSA) is 67.9 Å². The van der Waals surface area contributed by atoms with Gasteiger partial charge in [0.15, 0.2) is 0 Å². The number of carbonyl (C=O) groups excluding carboxylic acids is 2. The Labute approximate surface area is 188 Å². The molecule has 0 aromatic heterocycles. The molecule has 172 valence electrons. The van der Waals surface area contributed by atoms with E-state index in [9.17, 15) is 14.0 Å². The maximum atomic E-state index is 14.9. The molecule has 6 nitrogen and oxygen atoms in total. The van der Waals surface area contributed by atoms with Crippen molar-refractivity contribution < 1.29 is 23.5 Å². The number of hydrogen-bond acceptors (Lipinski definition) is 4. The smallest absolute Gasteiger partial charge is 0.414 e. The molecule has 0 aliphatic carbocycles. The molecule has 1 heterocycles. The molecule has 1 aliphatic heterocycles. The van der Waals surface area contributed by atoms with Crippen molar-refractivity contribution in [3.05, 3.63) is 53.8 Å². The predicted molar refractivity (Wildman–Crippen MR) is 122 cm³/mol. The highest BCUT2D eigenvalue weighted by Crippen LogP contribution is 2.30. The number of nitrogens with zero attached hydrogens (tertiary/aromatic N) is 1. The summed E-state index contributed by atoms with van der Waals surface area (Å²) in [4.78, 5) is 25.6. The Morgan fingerprint density at radius 2 is 1.91 bits per heavy atom. The second kappa shape index (κ2) is 9.59. The summed E-state index contributed by atoms with van der Waals surface area (Å²) in [6, 6.07) is 11.9. The van der Waals surface area contributed by atoms with Gasteiger partial charge in [-0.2, -0.15) is 0 Å². The molecule has 1 fully saturated rings. The second-order valence-electron chi connectivity index (χ2n) is 8.92. The molecule has 0 unspecified atom stereocenters. The number of ether oxygens (including phenoxy) is 2. The minimum Gasteiger partial charge on any atom is -0.444 e. The quantitative estimate of drug-likeness (QED) is 0.578. The van der Waals surface area contributed by atoms with Crippen LogP contribution in [0, 0.1) is 5.82 Å². The zero-order valence-corrected chi connectivity index (χ0v) is 19.3. The van der Waals surface area contributed by atoms with Crippen LogP contribution >= 0.6 is 0 Å². The van der Waals surface area contributed by atoms with E-state index in [0.29, 0.717) is 29.8 Å². The third-order valence-electron chi connectivity index (χ3n) is 5.32. The summed E-state index contributed by atoms with van der Waals surface area (Å²) < 4.78 is 25.5. The number of nitrogens with one attached hydrogen (secondary N) is 1. The van der Waals surface area contributed by atoms with Gasteiger partial charge in [-0.3, -0.25) is 4.90 Å². The van der Waals surface area contributed by atoms with Gasteiger partial charge in [-0.05, 0) is 62.9 Å². The van der Waals surface area contributed by atoms with Gasteiger partial charge in [-0.25, -0.2) is 14.0 Å². The summed E-state index contributed by atoms with van der Waals surface area (Å²) in [6.45, 7) is 9.79. The first kappa shape index (κ1) is 23.6. The Morgan fingerprint density at radius 3 is 2.44 bits per heavy atom. The van der Waals surface area contributed by atoms with Crippen molar-refractivity contribution in [1.29, 1.82) is 0 Å². The fourth-order valence-corrected chi connectivity index (χ4v) is 3.62. The van der Waals surface area contributed by atoms with E-state index in [1.165, 1.54) is 11.0 Å². The first-order chi connectivity index (χ1) is 15.1. The van der Waals surface area contributed by atoms with Crippen LogP contribution in [0.25, 0.3) is 11.1 Å².